The smallest absolute Gasteiger partial charge is 0.320 e. The maximum absolute atomic E-state index is 11.6. The van der Waals surface area contributed by atoms with Crippen LogP contribution in [0.1, 0.15) is 5.56 Å². The number of alkyl halides is 1. The number of carbonyl (C=O) groups excluding carboxylic acids is 1. The third-order valence-corrected chi connectivity index (χ3v) is 2.68. The number of hydrogen-bond acceptors (Lipinski definition) is 4. The number of ether oxygens (including phenoxy) is 1. The topological polar surface area (TPSA) is 76.1 Å². The highest BCUT2D eigenvalue weighted by molar-refractivity contribution is 6.18. The lowest BCUT2D eigenvalue weighted by molar-refractivity contribution is 0.252. The van der Waals surface area contributed by atoms with E-state index in [0.29, 0.717) is 19.0 Å². The molecule has 0 saturated heterocycles. The zero-order valence-corrected chi connectivity index (χ0v) is 12.0. The zero-order chi connectivity index (χ0) is 14.9. The molecule has 21 heavy (non-hydrogen) atoms. The van der Waals surface area contributed by atoms with Gasteiger partial charge in [-0.1, -0.05) is 30.3 Å². The molecule has 0 radical (unpaired) electrons. The SMILES string of the molecule is O=C(NCCCl)Nc1nccnc1OCc1ccccc1. The molecule has 0 spiro atoms. The molecule has 0 bridgehead atoms. The van der Waals surface area contributed by atoms with Gasteiger partial charge in [-0.2, -0.15) is 0 Å². The quantitative estimate of drug-likeness (QED) is 0.804. The van der Waals surface area contributed by atoms with Crippen molar-refractivity contribution in [1.82, 2.24) is 15.3 Å². The monoisotopic (exact) mass is 306 g/mol. The number of halogens is 1. The Kier molecular flexibility index (Phi) is 5.78. The fourth-order valence-corrected chi connectivity index (χ4v) is 1.65. The van der Waals surface area contributed by atoms with E-state index in [-0.39, 0.29) is 11.7 Å². The van der Waals surface area contributed by atoms with Crippen molar-refractivity contribution < 1.29 is 9.53 Å². The number of benzene rings is 1. The summed E-state index contributed by atoms with van der Waals surface area (Å²) in [5.74, 6) is 0.869. The Morgan fingerprint density at radius 1 is 1.19 bits per heavy atom. The molecule has 6 nitrogen and oxygen atoms in total. The Morgan fingerprint density at radius 2 is 1.95 bits per heavy atom. The van der Waals surface area contributed by atoms with Crippen molar-refractivity contribution in [2.45, 2.75) is 6.61 Å². The van der Waals surface area contributed by atoms with Crippen LogP contribution in [-0.2, 0) is 6.61 Å². The van der Waals surface area contributed by atoms with Gasteiger partial charge in [0.05, 0.1) is 0 Å². The van der Waals surface area contributed by atoms with E-state index in [1.807, 2.05) is 30.3 Å². The van der Waals surface area contributed by atoms with Crippen LogP contribution in [0.5, 0.6) is 5.88 Å². The van der Waals surface area contributed by atoms with Crippen molar-refractivity contribution in [2.75, 3.05) is 17.7 Å². The minimum atomic E-state index is -0.402. The highest BCUT2D eigenvalue weighted by atomic mass is 35.5. The van der Waals surface area contributed by atoms with Crippen LogP contribution in [0.15, 0.2) is 42.7 Å². The van der Waals surface area contributed by atoms with E-state index >= 15 is 0 Å². The Labute approximate surface area is 127 Å². The molecular formula is C14H15ClN4O2. The van der Waals surface area contributed by atoms with E-state index in [0.717, 1.165) is 5.56 Å². The summed E-state index contributed by atoms with van der Waals surface area (Å²) in [7, 11) is 0. The molecule has 2 N–H and O–H groups in total. The van der Waals surface area contributed by atoms with Crippen molar-refractivity contribution >= 4 is 23.4 Å². The largest absolute Gasteiger partial charge is 0.470 e. The first kappa shape index (κ1) is 15.1. The van der Waals surface area contributed by atoms with Crippen LogP contribution in [0.2, 0.25) is 0 Å². The Hall–Kier alpha value is -2.34. The van der Waals surface area contributed by atoms with Gasteiger partial charge in [0.25, 0.3) is 5.88 Å². The van der Waals surface area contributed by atoms with Gasteiger partial charge in [0.1, 0.15) is 6.61 Å². The summed E-state index contributed by atoms with van der Waals surface area (Å²) in [6.07, 6.45) is 2.98. The summed E-state index contributed by atoms with van der Waals surface area (Å²) in [6, 6.07) is 9.26. The molecule has 0 saturated carbocycles. The number of nitrogens with zero attached hydrogens (tertiary/aromatic N) is 2. The lowest BCUT2D eigenvalue weighted by Crippen LogP contribution is -2.30. The first-order valence-electron chi connectivity index (χ1n) is 6.38. The van der Waals surface area contributed by atoms with Crippen LogP contribution in [0.3, 0.4) is 0 Å². The predicted octanol–water partition coefficient (Wildman–Crippen LogP) is 2.42. The first-order chi connectivity index (χ1) is 10.3. The summed E-state index contributed by atoms with van der Waals surface area (Å²) >= 11 is 5.50. The molecule has 2 amide bonds. The molecule has 0 aliphatic heterocycles. The Bertz CT molecular complexity index is 580. The summed E-state index contributed by atoms with van der Waals surface area (Å²) in [5.41, 5.74) is 1.00. The van der Waals surface area contributed by atoms with Gasteiger partial charge in [0, 0.05) is 24.8 Å². The molecule has 1 aromatic heterocycles. The van der Waals surface area contributed by atoms with Gasteiger partial charge in [0.15, 0.2) is 5.82 Å². The predicted molar refractivity (Wildman–Crippen MR) is 80.5 cm³/mol. The standard InChI is InChI=1S/C14H15ClN4O2/c15-6-7-18-14(20)19-12-13(17-9-8-16-12)21-10-11-4-2-1-3-5-11/h1-5,8-9H,6-7,10H2,(H2,16,18,19,20). The number of nitrogens with one attached hydrogen (secondary N) is 2. The Morgan fingerprint density at radius 3 is 2.71 bits per heavy atom. The van der Waals surface area contributed by atoms with Crippen LogP contribution >= 0.6 is 11.6 Å². The van der Waals surface area contributed by atoms with E-state index in [2.05, 4.69) is 20.6 Å². The number of aromatic nitrogens is 2. The number of hydrogen-bond donors (Lipinski definition) is 2. The van der Waals surface area contributed by atoms with Crippen molar-refractivity contribution in [3.63, 3.8) is 0 Å². The number of carbonyl (C=O) groups is 1. The maximum Gasteiger partial charge on any atom is 0.320 e. The van der Waals surface area contributed by atoms with Gasteiger partial charge < -0.3 is 10.1 Å². The third-order valence-electron chi connectivity index (χ3n) is 2.50. The van der Waals surface area contributed by atoms with E-state index in [4.69, 9.17) is 16.3 Å². The fourth-order valence-electron chi connectivity index (χ4n) is 1.56. The second-order valence-corrected chi connectivity index (χ2v) is 4.43. The van der Waals surface area contributed by atoms with Crippen molar-refractivity contribution in [1.29, 1.82) is 0 Å². The molecule has 1 heterocycles. The number of rotatable bonds is 6. The lowest BCUT2D eigenvalue weighted by atomic mass is 10.2. The first-order valence-corrected chi connectivity index (χ1v) is 6.91. The van der Waals surface area contributed by atoms with Crippen molar-refractivity contribution in [2.24, 2.45) is 0 Å². The molecule has 0 aliphatic rings. The molecule has 0 atom stereocenters. The van der Waals surface area contributed by atoms with Crippen LogP contribution in [0, 0.1) is 0 Å². The van der Waals surface area contributed by atoms with Crippen LogP contribution in [-0.4, -0.2) is 28.4 Å². The average Bonchev–Trinajstić information content (AvgIpc) is 2.53. The number of amides is 2. The minimum absolute atomic E-state index is 0.264. The van der Waals surface area contributed by atoms with Gasteiger partial charge in [-0.25, -0.2) is 14.8 Å². The molecule has 0 unspecified atom stereocenters. The molecule has 0 aliphatic carbocycles. The van der Waals surface area contributed by atoms with E-state index in [1.165, 1.54) is 12.4 Å². The molecular weight excluding hydrogens is 292 g/mol. The second kappa shape index (κ2) is 8.06. The highest BCUT2D eigenvalue weighted by Gasteiger charge is 2.10. The van der Waals surface area contributed by atoms with Gasteiger partial charge in [0.2, 0.25) is 0 Å². The zero-order valence-electron chi connectivity index (χ0n) is 11.3. The summed E-state index contributed by atoms with van der Waals surface area (Å²) in [4.78, 5) is 19.7. The summed E-state index contributed by atoms with van der Waals surface area (Å²) < 4.78 is 5.59. The molecule has 7 heteroatoms. The van der Waals surface area contributed by atoms with Crippen molar-refractivity contribution in [3.8, 4) is 5.88 Å². The van der Waals surface area contributed by atoms with E-state index in [9.17, 15) is 4.79 Å². The summed E-state index contributed by atoms with van der Waals surface area (Å²) in [6.45, 7) is 0.714. The normalized spacial score (nSPS) is 9.95. The molecule has 1 aromatic carbocycles. The van der Waals surface area contributed by atoms with Crippen LogP contribution < -0.4 is 15.4 Å². The van der Waals surface area contributed by atoms with E-state index in [1.54, 1.807) is 0 Å². The van der Waals surface area contributed by atoms with Crippen LogP contribution in [0.25, 0.3) is 0 Å². The van der Waals surface area contributed by atoms with Crippen molar-refractivity contribution in [3.05, 3.63) is 48.3 Å². The minimum Gasteiger partial charge on any atom is -0.470 e. The van der Waals surface area contributed by atoms with Gasteiger partial charge in [-0.15, -0.1) is 11.6 Å². The van der Waals surface area contributed by atoms with Crippen LogP contribution in [0.4, 0.5) is 10.6 Å². The Balaban J connectivity index is 1.98. The lowest BCUT2D eigenvalue weighted by Gasteiger charge is -2.10. The summed E-state index contributed by atoms with van der Waals surface area (Å²) in [5, 5.41) is 5.15. The molecule has 0 fully saturated rings. The number of anilines is 1. The maximum atomic E-state index is 11.6. The van der Waals surface area contributed by atoms with Gasteiger partial charge >= 0.3 is 6.03 Å². The third kappa shape index (κ3) is 4.92. The molecule has 2 rings (SSSR count). The van der Waals surface area contributed by atoms with Gasteiger partial charge in [-0.3, -0.25) is 5.32 Å². The number of urea groups is 1. The second-order valence-electron chi connectivity index (χ2n) is 4.05. The fraction of sp³-hybridized carbons (Fsp3) is 0.214. The molecule has 110 valence electrons. The average molecular weight is 307 g/mol. The highest BCUT2D eigenvalue weighted by Crippen LogP contribution is 2.18. The van der Waals surface area contributed by atoms with Gasteiger partial charge in [-0.05, 0) is 5.56 Å². The van der Waals surface area contributed by atoms with E-state index < -0.39 is 6.03 Å². The molecule has 2 aromatic rings.